The average molecular weight is 383 g/mol. The van der Waals surface area contributed by atoms with Gasteiger partial charge in [0.1, 0.15) is 0 Å². The molecule has 136 valence electrons. The fraction of sp³-hybridized carbons (Fsp3) is 0.294. The first-order valence-corrected chi connectivity index (χ1v) is 10.9. The Labute approximate surface area is 149 Å². The molecule has 0 fully saturated rings. The highest BCUT2D eigenvalue weighted by Crippen LogP contribution is 2.19. The van der Waals surface area contributed by atoms with Gasteiger partial charge in [0.2, 0.25) is 10.0 Å². The van der Waals surface area contributed by atoms with Crippen LogP contribution in [0.15, 0.2) is 58.3 Å². The van der Waals surface area contributed by atoms with Crippen LogP contribution in [0.3, 0.4) is 0 Å². The van der Waals surface area contributed by atoms with E-state index in [2.05, 4.69) is 18.6 Å². The van der Waals surface area contributed by atoms with Gasteiger partial charge in [0.15, 0.2) is 0 Å². The molecule has 0 heterocycles. The lowest BCUT2D eigenvalue weighted by molar-refractivity contribution is 0.586. The van der Waals surface area contributed by atoms with Crippen LogP contribution in [0.2, 0.25) is 0 Å². The van der Waals surface area contributed by atoms with Crippen molar-refractivity contribution in [2.45, 2.75) is 36.5 Å². The maximum Gasteiger partial charge on any atom is 0.261 e. The molecule has 0 aliphatic carbocycles. The molecule has 0 aliphatic heterocycles. The van der Waals surface area contributed by atoms with E-state index in [0.717, 1.165) is 18.4 Å². The molecule has 0 aliphatic rings. The Morgan fingerprint density at radius 3 is 1.88 bits per heavy atom. The van der Waals surface area contributed by atoms with Crippen LogP contribution in [0.25, 0.3) is 0 Å². The topological polar surface area (TPSA) is 106 Å². The molecule has 0 aromatic heterocycles. The predicted molar refractivity (Wildman–Crippen MR) is 98.2 cm³/mol. The highest BCUT2D eigenvalue weighted by atomic mass is 32.2. The Balaban J connectivity index is 2.13. The van der Waals surface area contributed by atoms with E-state index in [9.17, 15) is 16.8 Å². The summed E-state index contributed by atoms with van der Waals surface area (Å²) in [5.74, 6) is 0.588. The van der Waals surface area contributed by atoms with Crippen molar-refractivity contribution in [1.29, 1.82) is 0 Å². The van der Waals surface area contributed by atoms with Gasteiger partial charge in [-0.25, -0.2) is 22.0 Å². The van der Waals surface area contributed by atoms with Crippen molar-refractivity contribution in [3.05, 3.63) is 54.1 Å². The van der Waals surface area contributed by atoms with Crippen LogP contribution in [0.4, 0.5) is 5.69 Å². The second-order valence-corrected chi connectivity index (χ2v) is 9.50. The predicted octanol–water partition coefficient (Wildman–Crippen LogP) is 2.72. The Kier molecular flexibility index (Phi) is 5.87. The average Bonchev–Trinajstić information content (AvgIpc) is 2.52. The summed E-state index contributed by atoms with van der Waals surface area (Å²) < 4.78 is 49.7. The van der Waals surface area contributed by atoms with Crippen molar-refractivity contribution in [2.24, 2.45) is 11.1 Å². The molecule has 0 unspecified atom stereocenters. The van der Waals surface area contributed by atoms with Gasteiger partial charge in [0.25, 0.3) is 10.0 Å². The first kappa shape index (κ1) is 19.4. The minimum Gasteiger partial charge on any atom is -0.280 e. The zero-order valence-corrected chi connectivity index (χ0v) is 15.8. The summed E-state index contributed by atoms with van der Waals surface area (Å²) in [6.07, 6.45) is 1.95. The van der Waals surface area contributed by atoms with Crippen molar-refractivity contribution in [2.75, 3.05) is 4.72 Å². The lowest BCUT2D eigenvalue weighted by Crippen LogP contribution is -2.14. The molecular weight excluding hydrogens is 360 g/mol. The summed E-state index contributed by atoms with van der Waals surface area (Å²) in [6.45, 7) is 4.29. The third kappa shape index (κ3) is 5.55. The number of nitrogens with one attached hydrogen (secondary N) is 1. The molecule has 0 saturated heterocycles. The summed E-state index contributed by atoms with van der Waals surface area (Å²) in [4.78, 5) is 0.0706. The number of primary sulfonamides is 1. The molecule has 0 amide bonds. The molecule has 25 heavy (non-hydrogen) atoms. The molecule has 2 rings (SSSR count). The van der Waals surface area contributed by atoms with Crippen molar-refractivity contribution in [1.82, 2.24) is 0 Å². The number of rotatable bonds is 7. The van der Waals surface area contributed by atoms with Gasteiger partial charge in [0.05, 0.1) is 9.79 Å². The molecule has 3 N–H and O–H groups in total. The van der Waals surface area contributed by atoms with Gasteiger partial charge in [0, 0.05) is 5.69 Å². The molecule has 6 nitrogen and oxygen atoms in total. The van der Waals surface area contributed by atoms with Gasteiger partial charge in [-0.1, -0.05) is 26.0 Å². The van der Waals surface area contributed by atoms with Crippen LogP contribution in [0.5, 0.6) is 0 Å². The third-order valence-corrected chi connectivity index (χ3v) is 6.01. The van der Waals surface area contributed by atoms with Crippen LogP contribution < -0.4 is 9.86 Å². The third-order valence-electron chi connectivity index (χ3n) is 3.68. The van der Waals surface area contributed by atoms with E-state index in [-0.39, 0.29) is 15.5 Å². The minimum absolute atomic E-state index is 0.0787. The highest BCUT2D eigenvalue weighted by Gasteiger charge is 2.15. The molecule has 0 atom stereocenters. The monoisotopic (exact) mass is 382 g/mol. The Hall–Kier alpha value is -1.90. The normalized spacial score (nSPS) is 12.3. The molecule has 0 spiro atoms. The van der Waals surface area contributed by atoms with Crippen LogP contribution >= 0.6 is 0 Å². The van der Waals surface area contributed by atoms with Crippen LogP contribution in [-0.2, 0) is 26.5 Å². The van der Waals surface area contributed by atoms with Crippen molar-refractivity contribution < 1.29 is 16.8 Å². The van der Waals surface area contributed by atoms with E-state index in [1.54, 1.807) is 24.3 Å². The largest absolute Gasteiger partial charge is 0.280 e. The van der Waals surface area contributed by atoms with Gasteiger partial charge in [-0.2, -0.15) is 0 Å². The van der Waals surface area contributed by atoms with E-state index >= 15 is 0 Å². The van der Waals surface area contributed by atoms with E-state index in [1.807, 2.05) is 0 Å². The van der Waals surface area contributed by atoms with Gasteiger partial charge in [-0.15, -0.1) is 0 Å². The summed E-state index contributed by atoms with van der Waals surface area (Å²) in [7, 11) is -7.55. The molecule has 2 aromatic carbocycles. The van der Waals surface area contributed by atoms with Crippen LogP contribution in [0, 0.1) is 5.92 Å². The summed E-state index contributed by atoms with van der Waals surface area (Å²) in [6, 6.07) is 12.0. The maximum atomic E-state index is 12.4. The molecule has 0 saturated carbocycles. The number of benzene rings is 2. The van der Waals surface area contributed by atoms with Crippen LogP contribution in [0.1, 0.15) is 25.8 Å². The minimum atomic E-state index is -3.81. The molecule has 0 radical (unpaired) electrons. The summed E-state index contributed by atoms with van der Waals surface area (Å²) >= 11 is 0. The molecular formula is C17H22N2O4S2. The van der Waals surface area contributed by atoms with E-state index in [4.69, 9.17) is 5.14 Å². The number of hydrogen-bond acceptors (Lipinski definition) is 4. The Morgan fingerprint density at radius 1 is 0.880 bits per heavy atom. The number of hydrogen-bond donors (Lipinski definition) is 2. The first-order valence-electron chi connectivity index (χ1n) is 7.82. The van der Waals surface area contributed by atoms with Gasteiger partial charge in [-0.3, -0.25) is 4.72 Å². The van der Waals surface area contributed by atoms with E-state index in [0.29, 0.717) is 5.92 Å². The van der Waals surface area contributed by atoms with E-state index in [1.165, 1.54) is 24.3 Å². The number of anilines is 1. The van der Waals surface area contributed by atoms with Gasteiger partial charge < -0.3 is 0 Å². The standard InChI is InChI=1S/C17H22N2O4S2/c1-13(2)3-4-14-5-9-17(10-6-14)25(22,23)19-15-7-11-16(12-8-15)24(18,20)21/h5-13,19H,3-4H2,1-2H3,(H2,18,20,21). The lowest BCUT2D eigenvalue weighted by Gasteiger charge is -2.10. The number of aryl methyl sites for hydroxylation is 1. The number of nitrogens with two attached hydrogens (primary N) is 1. The second kappa shape index (κ2) is 7.55. The Morgan fingerprint density at radius 2 is 1.40 bits per heavy atom. The number of sulfonamides is 2. The van der Waals surface area contributed by atoms with Crippen molar-refractivity contribution in [3.63, 3.8) is 0 Å². The molecule has 8 heteroatoms. The lowest BCUT2D eigenvalue weighted by atomic mass is 10.0. The quantitative estimate of drug-likeness (QED) is 0.768. The van der Waals surface area contributed by atoms with Gasteiger partial charge >= 0.3 is 0 Å². The zero-order valence-electron chi connectivity index (χ0n) is 14.1. The van der Waals surface area contributed by atoms with Crippen LogP contribution in [-0.4, -0.2) is 16.8 Å². The summed E-state index contributed by atoms with van der Waals surface area (Å²) in [5, 5.41) is 5.02. The smallest absolute Gasteiger partial charge is 0.261 e. The first-order chi connectivity index (χ1) is 11.6. The second-order valence-electron chi connectivity index (χ2n) is 6.25. The molecule has 2 aromatic rings. The van der Waals surface area contributed by atoms with Gasteiger partial charge in [-0.05, 0) is 60.7 Å². The summed E-state index contributed by atoms with van der Waals surface area (Å²) in [5.41, 5.74) is 1.35. The Bertz CT molecular complexity index is 918. The van der Waals surface area contributed by atoms with Crippen molar-refractivity contribution in [3.8, 4) is 0 Å². The SMILES string of the molecule is CC(C)CCc1ccc(S(=O)(=O)Nc2ccc(S(N)(=O)=O)cc2)cc1. The van der Waals surface area contributed by atoms with Crippen molar-refractivity contribution >= 4 is 25.7 Å². The fourth-order valence-electron chi connectivity index (χ4n) is 2.22. The fourth-order valence-corrected chi connectivity index (χ4v) is 3.79. The zero-order chi connectivity index (χ0) is 18.7. The maximum absolute atomic E-state index is 12.4. The highest BCUT2D eigenvalue weighted by molar-refractivity contribution is 7.92. The molecule has 0 bridgehead atoms. The van der Waals surface area contributed by atoms with E-state index < -0.39 is 20.0 Å².